The third-order valence-corrected chi connectivity index (χ3v) is 7.91. The topological polar surface area (TPSA) is 24.9 Å². The average molecular weight is 373 g/mol. The first-order valence-electron chi connectivity index (χ1n) is 10.7. The van der Waals surface area contributed by atoms with Gasteiger partial charge in [-0.15, -0.1) is 0 Å². The molecule has 2 heterocycles. The van der Waals surface area contributed by atoms with Crippen LogP contribution >= 0.6 is 0 Å². The van der Waals surface area contributed by atoms with Crippen molar-refractivity contribution < 1.29 is 9.47 Å². The van der Waals surface area contributed by atoms with E-state index in [-0.39, 0.29) is 5.41 Å². The first-order valence-corrected chi connectivity index (χ1v) is 10.7. The van der Waals surface area contributed by atoms with E-state index in [2.05, 4.69) is 42.0 Å². The molecule has 2 bridgehead atoms. The maximum atomic E-state index is 5.61. The molecule has 0 spiro atoms. The van der Waals surface area contributed by atoms with Crippen LogP contribution < -0.4 is 4.74 Å². The van der Waals surface area contributed by atoms with Crippen LogP contribution in [0.3, 0.4) is 0 Å². The highest BCUT2D eigenvalue weighted by molar-refractivity contribution is 5.45. The summed E-state index contributed by atoms with van der Waals surface area (Å²) in [6.45, 7) is 6.99. The van der Waals surface area contributed by atoms with Gasteiger partial charge in [-0.1, -0.05) is 13.0 Å². The fraction of sp³-hybridized carbons (Fsp3) is 0.739. The molecule has 4 nitrogen and oxygen atoms in total. The van der Waals surface area contributed by atoms with Gasteiger partial charge in [0.1, 0.15) is 5.75 Å². The van der Waals surface area contributed by atoms with Crippen molar-refractivity contribution in [1.82, 2.24) is 9.80 Å². The van der Waals surface area contributed by atoms with Crippen LogP contribution in [0.15, 0.2) is 18.2 Å². The summed E-state index contributed by atoms with van der Waals surface area (Å²) >= 11 is 0. The molecule has 1 aromatic rings. The summed E-state index contributed by atoms with van der Waals surface area (Å²) in [6, 6.07) is 8.09. The van der Waals surface area contributed by atoms with Gasteiger partial charge in [-0.05, 0) is 88.0 Å². The standard InChI is InChI=1S/C23H36N2O2/c1-17-22-14-18-7-8-20(27-4)15-21(18)23(17,9-12-24(22)2)10-13-25-11-5-6-19(25)16-26-3/h7-8,15,17,19,22H,5-6,9-14,16H2,1-4H3/t17-,19-,22+,23?/m0/s1. The van der Waals surface area contributed by atoms with Crippen LogP contribution in [0.1, 0.15) is 43.7 Å². The lowest BCUT2D eigenvalue weighted by Crippen LogP contribution is -2.58. The normalized spacial score (nSPS) is 33.9. The van der Waals surface area contributed by atoms with Gasteiger partial charge in [0.25, 0.3) is 0 Å². The van der Waals surface area contributed by atoms with Crippen LogP contribution in [0.25, 0.3) is 0 Å². The number of likely N-dealkylation sites (tertiary alicyclic amines) is 2. The van der Waals surface area contributed by atoms with E-state index in [9.17, 15) is 0 Å². The maximum absolute atomic E-state index is 5.61. The van der Waals surface area contributed by atoms with Crippen molar-refractivity contribution in [2.24, 2.45) is 5.92 Å². The van der Waals surface area contributed by atoms with E-state index in [1.54, 1.807) is 18.2 Å². The van der Waals surface area contributed by atoms with Crippen molar-refractivity contribution in [3.8, 4) is 5.75 Å². The molecule has 27 heavy (non-hydrogen) atoms. The quantitative estimate of drug-likeness (QED) is 0.765. The molecule has 1 aromatic carbocycles. The minimum atomic E-state index is 0.277. The number of methoxy groups -OCH3 is 2. The monoisotopic (exact) mass is 372 g/mol. The van der Waals surface area contributed by atoms with E-state index in [0.29, 0.717) is 18.0 Å². The molecule has 0 radical (unpaired) electrons. The number of ether oxygens (including phenoxy) is 2. The number of fused-ring (bicyclic) bond motifs is 4. The first-order chi connectivity index (χ1) is 13.1. The number of piperidine rings is 1. The molecule has 4 heteroatoms. The van der Waals surface area contributed by atoms with Gasteiger partial charge in [-0.2, -0.15) is 0 Å². The van der Waals surface area contributed by atoms with Crippen LogP contribution in [-0.4, -0.2) is 69.4 Å². The molecule has 2 aliphatic heterocycles. The second-order valence-electron chi connectivity index (χ2n) is 9.01. The van der Waals surface area contributed by atoms with Crippen molar-refractivity contribution in [1.29, 1.82) is 0 Å². The smallest absolute Gasteiger partial charge is 0.119 e. The Morgan fingerprint density at radius 3 is 2.85 bits per heavy atom. The van der Waals surface area contributed by atoms with Crippen LogP contribution in [0.4, 0.5) is 0 Å². The molecule has 3 aliphatic rings. The van der Waals surface area contributed by atoms with Crippen molar-refractivity contribution in [3.05, 3.63) is 29.3 Å². The lowest BCUT2D eigenvalue weighted by atomic mass is 9.56. The van der Waals surface area contributed by atoms with Crippen molar-refractivity contribution in [2.75, 3.05) is 47.5 Å². The average Bonchev–Trinajstić information content (AvgIpc) is 3.12. The minimum absolute atomic E-state index is 0.277. The van der Waals surface area contributed by atoms with Gasteiger partial charge < -0.3 is 14.4 Å². The number of hydrogen-bond acceptors (Lipinski definition) is 4. The predicted octanol–water partition coefficient (Wildman–Crippen LogP) is 3.33. The second kappa shape index (κ2) is 7.73. The summed E-state index contributed by atoms with van der Waals surface area (Å²) in [7, 11) is 5.94. The Labute approximate surface area is 164 Å². The second-order valence-corrected chi connectivity index (χ2v) is 9.01. The molecule has 0 aromatic heterocycles. The highest BCUT2D eigenvalue weighted by Crippen LogP contribution is 2.51. The summed E-state index contributed by atoms with van der Waals surface area (Å²) < 4.78 is 11.1. The van der Waals surface area contributed by atoms with Crippen molar-refractivity contribution in [2.45, 2.75) is 56.5 Å². The molecule has 1 aliphatic carbocycles. The Balaban J connectivity index is 1.64. The van der Waals surface area contributed by atoms with Gasteiger partial charge >= 0.3 is 0 Å². The molecule has 4 rings (SSSR count). The largest absolute Gasteiger partial charge is 0.497 e. The maximum Gasteiger partial charge on any atom is 0.119 e. The van der Waals surface area contributed by atoms with Gasteiger partial charge in [-0.3, -0.25) is 4.90 Å². The Bertz CT molecular complexity index is 664. The number of benzene rings is 1. The van der Waals surface area contributed by atoms with Crippen LogP contribution in [0.5, 0.6) is 5.75 Å². The SMILES string of the molecule is COC[C@@H]1CCCN1CCC12CCN(C)[C@H](Cc3ccc(OC)cc31)[C@@H]2C. The third kappa shape index (κ3) is 3.30. The van der Waals surface area contributed by atoms with Crippen LogP contribution in [0.2, 0.25) is 0 Å². The molecule has 150 valence electrons. The van der Waals surface area contributed by atoms with Gasteiger partial charge in [0.05, 0.1) is 13.7 Å². The summed E-state index contributed by atoms with van der Waals surface area (Å²) in [6.07, 6.45) is 6.27. The number of likely N-dealkylation sites (N-methyl/N-ethyl adjacent to an activating group) is 1. The molecule has 0 N–H and O–H groups in total. The summed E-state index contributed by atoms with van der Waals surface area (Å²) in [5.74, 6) is 1.69. The molecule has 2 fully saturated rings. The Hall–Kier alpha value is -1.10. The first kappa shape index (κ1) is 19.2. The number of rotatable bonds is 6. The van der Waals surface area contributed by atoms with Crippen LogP contribution in [-0.2, 0) is 16.6 Å². The van der Waals surface area contributed by atoms with E-state index in [4.69, 9.17) is 9.47 Å². The Morgan fingerprint density at radius 2 is 2.07 bits per heavy atom. The molecular weight excluding hydrogens is 336 g/mol. The summed E-state index contributed by atoms with van der Waals surface area (Å²) in [5, 5.41) is 0. The highest BCUT2D eigenvalue weighted by atomic mass is 16.5. The van der Waals surface area contributed by atoms with E-state index in [0.717, 1.165) is 12.4 Å². The van der Waals surface area contributed by atoms with Gasteiger partial charge in [0, 0.05) is 24.6 Å². The van der Waals surface area contributed by atoms with Gasteiger partial charge in [-0.25, -0.2) is 0 Å². The molecule has 2 saturated heterocycles. The summed E-state index contributed by atoms with van der Waals surface area (Å²) in [4.78, 5) is 5.28. The molecule has 0 saturated carbocycles. The molecule has 0 amide bonds. The van der Waals surface area contributed by atoms with Crippen molar-refractivity contribution in [3.63, 3.8) is 0 Å². The van der Waals surface area contributed by atoms with E-state index in [1.807, 2.05) is 7.11 Å². The molecule has 4 atom stereocenters. The summed E-state index contributed by atoms with van der Waals surface area (Å²) in [5.41, 5.74) is 3.39. The fourth-order valence-corrected chi connectivity index (χ4v) is 6.18. The lowest BCUT2D eigenvalue weighted by molar-refractivity contribution is 0.0260. The zero-order valence-corrected chi connectivity index (χ0v) is 17.5. The highest BCUT2D eigenvalue weighted by Gasteiger charge is 2.50. The molecular formula is C23H36N2O2. The lowest BCUT2D eigenvalue weighted by Gasteiger charge is -2.56. The Morgan fingerprint density at radius 1 is 1.22 bits per heavy atom. The fourth-order valence-electron chi connectivity index (χ4n) is 6.18. The third-order valence-electron chi connectivity index (χ3n) is 7.91. The molecule has 1 unspecified atom stereocenters. The zero-order chi connectivity index (χ0) is 19.0. The van der Waals surface area contributed by atoms with E-state index >= 15 is 0 Å². The zero-order valence-electron chi connectivity index (χ0n) is 17.5. The predicted molar refractivity (Wildman–Crippen MR) is 110 cm³/mol. The van der Waals surface area contributed by atoms with Gasteiger partial charge in [0.2, 0.25) is 0 Å². The van der Waals surface area contributed by atoms with E-state index < -0.39 is 0 Å². The number of hydrogen-bond donors (Lipinski definition) is 0. The van der Waals surface area contributed by atoms with Gasteiger partial charge in [0.15, 0.2) is 0 Å². The number of nitrogens with zero attached hydrogens (tertiary/aromatic N) is 2. The van der Waals surface area contributed by atoms with E-state index in [1.165, 1.54) is 51.7 Å². The van der Waals surface area contributed by atoms with Crippen LogP contribution in [0, 0.1) is 5.92 Å². The Kier molecular flexibility index (Phi) is 5.50. The van der Waals surface area contributed by atoms with Crippen molar-refractivity contribution >= 4 is 0 Å². The minimum Gasteiger partial charge on any atom is -0.497 e.